The van der Waals surface area contributed by atoms with Crippen LogP contribution >= 0.6 is 0 Å². The van der Waals surface area contributed by atoms with Gasteiger partial charge in [-0.2, -0.15) is 0 Å². The van der Waals surface area contributed by atoms with E-state index in [9.17, 15) is 0 Å². The first-order valence-corrected chi connectivity index (χ1v) is 4.90. The Morgan fingerprint density at radius 2 is 2.14 bits per heavy atom. The average Bonchev–Trinajstić information content (AvgIpc) is 2.50. The maximum atomic E-state index is 5.63. The molecule has 0 spiro atoms. The van der Waals surface area contributed by atoms with Gasteiger partial charge in [0.15, 0.2) is 5.88 Å². The molecule has 0 fully saturated rings. The van der Waals surface area contributed by atoms with Crippen LogP contribution in [0.1, 0.15) is 13.8 Å². The van der Waals surface area contributed by atoms with Crippen LogP contribution in [-0.2, 0) is 0 Å². The number of H-pyrrole nitrogens is 1. The van der Waals surface area contributed by atoms with E-state index in [0.717, 1.165) is 19.0 Å². The first kappa shape index (κ1) is 11.1. The Kier molecular flexibility index (Phi) is 3.58. The standard InChI is InChI=1S/C11H20N2O/c1-11(2,8-13(3)4)9-14-10-6-5-7-12-10/h5-7,12H,8-9H2,1-4H3. The molecule has 1 N–H and O–H groups in total. The molecule has 0 bridgehead atoms. The molecule has 1 aromatic heterocycles. The number of ether oxygens (including phenoxy) is 1. The van der Waals surface area contributed by atoms with Gasteiger partial charge >= 0.3 is 0 Å². The summed E-state index contributed by atoms with van der Waals surface area (Å²) in [5, 5.41) is 0. The van der Waals surface area contributed by atoms with Gasteiger partial charge < -0.3 is 14.6 Å². The predicted octanol–water partition coefficient (Wildman–Crippen LogP) is 1.98. The van der Waals surface area contributed by atoms with Crippen LogP contribution in [0.25, 0.3) is 0 Å². The second kappa shape index (κ2) is 4.51. The van der Waals surface area contributed by atoms with Gasteiger partial charge in [0.2, 0.25) is 0 Å². The molecule has 0 aliphatic rings. The summed E-state index contributed by atoms with van der Waals surface area (Å²) in [5.74, 6) is 0.844. The molecule has 0 aliphatic heterocycles. The van der Waals surface area contributed by atoms with E-state index >= 15 is 0 Å². The number of hydrogen-bond donors (Lipinski definition) is 1. The van der Waals surface area contributed by atoms with Crippen molar-refractivity contribution in [1.82, 2.24) is 9.88 Å². The van der Waals surface area contributed by atoms with Gasteiger partial charge in [0.1, 0.15) is 0 Å². The van der Waals surface area contributed by atoms with E-state index in [1.807, 2.05) is 18.3 Å². The first-order valence-electron chi connectivity index (χ1n) is 4.90. The van der Waals surface area contributed by atoms with Gasteiger partial charge in [-0.3, -0.25) is 0 Å². The number of rotatable bonds is 5. The zero-order chi connectivity index (χ0) is 10.6. The van der Waals surface area contributed by atoms with Crippen molar-refractivity contribution in [2.75, 3.05) is 27.2 Å². The molecule has 0 aliphatic carbocycles. The monoisotopic (exact) mass is 196 g/mol. The van der Waals surface area contributed by atoms with Crippen molar-refractivity contribution in [3.8, 4) is 5.88 Å². The summed E-state index contributed by atoms with van der Waals surface area (Å²) in [7, 11) is 4.16. The van der Waals surface area contributed by atoms with Gasteiger partial charge in [-0.05, 0) is 26.2 Å². The van der Waals surface area contributed by atoms with Crippen LogP contribution in [0.15, 0.2) is 18.3 Å². The van der Waals surface area contributed by atoms with Crippen LogP contribution in [0.3, 0.4) is 0 Å². The van der Waals surface area contributed by atoms with E-state index in [0.29, 0.717) is 0 Å². The third kappa shape index (κ3) is 3.83. The SMILES string of the molecule is CN(C)CC(C)(C)COc1ccc[nH]1. The minimum absolute atomic E-state index is 0.175. The van der Waals surface area contributed by atoms with Crippen LogP contribution in [0.5, 0.6) is 5.88 Å². The Balaban J connectivity index is 2.36. The average molecular weight is 196 g/mol. The fourth-order valence-corrected chi connectivity index (χ4v) is 1.58. The lowest BCUT2D eigenvalue weighted by Gasteiger charge is -2.27. The number of nitrogens with one attached hydrogen (secondary N) is 1. The third-order valence-electron chi connectivity index (χ3n) is 1.93. The second-order valence-corrected chi connectivity index (χ2v) is 4.73. The van der Waals surface area contributed by atoms with Crippen LogP contribution in [-0.4, -0.2) is 37.1 Å². The third-order valence-corrected chi connectivity index (χ3v) is 1.93. The van der Waals surface area contributed by atoms with Crippen LogP contribution < -0.4 is 4.74 Å². The molecule has 0 saturated carbocycles. The van der Waals surface area contributed by atoms with E-state index in [1.54, 1.807) is 0 Å². The van der Waals surface area contributed by atoms with Crippen molar-refractivity contribution >= 4 is 0 Å². The van der Waals surface area contributed by atoms with Gasteiger partial charge in [-0.25, -0.2) is 0 Å². The van der Waals surface area contributed by atoms with Crippen molar-refractivity contribution < 1.29 is 4.74 Å². The molecule has 1 heterocycles. The molecule has 0 radical (unpaired) electrons. The molecule has 1 aromatic rings. The summed E-state index contributed by atoms with van der Waals surface area (Å²) in [4.78, 5) is 5.21. The summed E-state index contributed by atoms with van der Waals surface area (Å²) in [6.45, 7) is 6.16. The Hall–Kier alpha value is -0.960. The highest BCUT2D eigenvalue weighted by molar-refractivity contribution is 5.09. The zero-order valence-corrected chi connectivity index (χ0v) is 9.50. The quantitative estimate of drug-likeness (QED) is 0.780. The Morgan fingerprint density at radius 3 is 2.64 bits per heavy atom. The molecule has 3 nitrogen and oxygen atoms in total. The molecule has 3 heteroatoms. The van der Waals surface area contributed by atoms with Crippen molar-refractivity contribution in [3.63, 3.8) is 0 Å². The molecule has 0 unspecified atom stereocenters. The Morgan fingerprint density at radius 1 is 1.43 bits per heavy atom. The Bertz CT molecular complexity index is 252. The molecule has 0 saturated heterocycles. The molecule has 0 amide bonds. The molecular formula is C11H20N2O. The topological polar surface area (TPSA) is 28.3 Å². The van der Waals surface area contributed by atoms with E-state index in [4.69, 9.17) is 4.74 Å². The molecule has 1 rings (SSSR count). The van der Waals surface area contributed by atoms with Gasteiger partial charge in [0, 0.05) is 18.2 Å². The van der Waals surface area contributed by atoms with Gasteiger partial charge in [-0.1, -0.05) is 13.8 Å². The summed E-state index contributed by atoms with van der Waals surface area (Å²) in [5.41, 5.74) is 0.175. The first-order chi connectivity index (χ1) is 6.49. The lowest BCUT2D eigenvalue weighted by molar-refractivity contribution is 0.138. The molecule has 0 aromatic carbocycles. The van der Waals surface area contributed by atoms with Crippen molar-refractivity contribution in [1.29, 1.82) is 0 Å². The number of aromatic nitrogens is 1. The van der Waals surface area contributed by atoms with E-state index < -0.39 is 0 Å². The van der Waals surface area contributed by atoms with Crippen molar-refractivity contribution in [3.05, 3.63) is 18.3 Å². The van der Waals surface area contributed by atoms with Gasteiger partial charge in [0.25, 0.3) is 0 Å². The fourth-order valence-electron chi connectivity index (χ4n) is 1.58. The lowest BCUT2D eigenvalue weighted by Crippen LogP contribution is -2.33. The maximum Gasteiger partial charge on any atom is 0.190 e. The van der Waals surface area contributed by atoms with Crippen molar-refractivity contribution in [2.45, 2.75) is 13.8 Å². The van der Waals surface area contributed by atoms with E-state index in [2.05, 4.69) is 37.8 Å². The zero-order valence-electron chi connectivity index (χ0n) is 9.50. The summed E-state index contributed by atoms with van der Waals surface area (Å²) >= 11 is 0. The predicted molar refractivity (Wildman–Crippen MR) is 58.6 cm³/mol. The summed E-state index contributed by atoms with van der Waals surface area (Å²) in [6, 6.07) is 3.88. The van der Waals surface area contributed by atoms with Crippen LogP contribution in [0.4, 0.5) is 0 Å². The highest BCUT2D eigenvalue weighted by Crippen LogP contribution is 2.17. The largest absolute Gasteiger partial charge is 0.478 e. The van der Waals surface area contributed by atoms with Gasteiger partial charge in [-0.15, -0.1) is 0 Å². The molecular weight excluding hydrogens is 176 g/mol. The van der Waals surface area contributed by atoms with Gasteiger partial charge in [0.05, 0.1) is 6.61 Å². The summed E-state index contributed by atoms with van der Waals surface area (Å²) in [6.07, 6.45) is 1.87. The number of hydrogen-bond acceptors (Lipinski definition) is 2. The Labute approximate surface area is 86.1 Å². The van der Waals surface area contributed by atoms with Crippen LogP contribution in [0, 0.1) is 5.41 Å². The summed E-state index contributed by atoms with van der Waals surface area (Å²) < 4.78 is 5.63. The molecule has 14 heavy (non-hydrogen) atoms. The maximum absolute atomic E-state index is 5.63. The molecule has 0 atom stereocenters. The lowest BCUT2D eigenvalue weighted by atomic mass is 9.94. The molecule has 80 valence electrons. The van der Waals surface area contributed by atoms with E-state index in [-0.39, 0.29) is 5.41 Å². The van der Waals surface area contributed by atoms with Crippen molar-refractivity contribution in [2.24, 2.45) is 5.41 Å². The fraction of sp³-hybridized carbons (Fsp3) is 0.636. The highest BCUT2D eigenvalue weighted by atomic mass is 16.5. The number of aromatic amines is 1. The normalized spacial score (nSPS) is 12.1. The highest BCUT2D eigenvalue weighted by Gasteiger charge is 2.19. The smallest absolute Gasteiger partial charge is 0.190 e. The minimum atomic E-state index is 0.175. The second-order valence-electron chi connectivity index (χ2n) is 4.73. The minimum Gasteiger partial charge on any atom is -0.478 e. The van der Waals surface area contributed by atoms with Crippen LogP contribution in [0.2, 0.25) is 0 Å². The van der Waals surface area contributed by atoms with E-state index in [1.165, 1.54) is 0 Å². The number of nitrogens with zero attached hydrogens (tertiary/aromatic N) is 1.